The van der Waals surface area contributed by atoms with Crippen molar-refractivity contribution in [1.82, 2.24) is 10.2 Å². The molecule has 1 rings (SSSR count). The first-order chi connectivity index (χ1) is 4.74. The van der Waals surface area contributed by atoms with Gasteiger partial charge in [-0.15, -0.1) is 10.2 Å². The number of aromatic nitrogens is 2. The average Bonchev–Trinajstić information content (AvgIpc) is 2.34. The van der Waals surface area contributed by atoms with Crippen LogP contribution in [-0.4, -0.2) is 10.2 Å². The number of alkyl halides is 2. The fraction of sp³-hybridized carbons (Fsp3) is 0.333. The molecule has 0 aliphatic rings. The summed E-state index contributed by atoms with van der Waals surface area (Å²) in [7, 11) is 0. The highest BCUT2D eigenvalue weighted by Crippen LogP contribution is 2.24. The number of nitrogen functional groups attached to an aromatic ring is 1. The zero-order chi connectivity index (χ0) is 7.56. The molecule has 0 spiro atoms. The van der Waals surface area contributed by atoms with E-state index in [2.05, 4.69) is 15.6 Å². The van der Waals surface area contributed by atoms with Gasteiger partial charge >= 0.3 is 0 Å². The second-order valence-electron chi connectivity index (χ2n) is 1.39. The molecule has 0 saturated heterocycles. The summed E-state index contributed by atoms with van der Waals surface area (Å²) in [6.07, 6.45) is -2.57. The molecule has 1 heterocycles. The van der Waals surface area contributed by atoms with Crippen molar-refractivity contribution in [2.45, 2.75) is 6.43 Å². The molecule has 0 saturated carbocycles. The third-order valence-corrected chi connectivity index (χ3v) is 1.61. The minimum Gasteiger partial charge on any atom is -0.298 e. The lowest BCUT2D eigenvalue weighted by molar-refractivity contribution is 0.150. The van der Waals surface area contributed by atoms with E-state index >= 15 is 0 Å². The largest absolute Gasteiger partial charge is 0.298 e. The molecule has 56 valence electrons. The van der Waals surface area contributed by atoms with Gasteiger partial charge in [0.2, 0.25) is 5.13 Å². The first-order valence-corrected chi connectivity index (χ1v) is 3.14. The number of hydrogen-bond donors (Lipinski definition) is 2. The van der Waals surface area contributed by atoms with E-state index in [4.69, 9.17) is 5.84 Å². The molecule has 0 amide bonds. The van der Waals surface area contributed by atoms with E-state index in [1.165, 1.54) is 0 Å². The Morgan fingerprint density at radius 3 is 2.50 bits per heavy atom. The van der Waals surface area contributed by atoms with Crippen molar-refractivity contribution in [3.63, 3.8) is 0 Å². The Morgan fingerprint density at radius 1 is 1.50 bits per heavy atom. The second kappa shape index (κ2) is 2.84. The summed E-state index contributed by atoms with van der Waals surface area (Å²) in [4.78, 5) is 0. The van der Waals surface area contributed by atoms with Crippen molar-refractivity contribution in [3.8, 4) is 0 Å². The van der Waals surface area contributed by atoms with Gasteiger partial charge in [0.25, 0.3) is 6.43 Å². The maximum atomic E-state index is 11.8. The Balaban J connectivity index is 2.78. The summed E-state index contributed by atoms with van der Waals surface area (Å²) >= 11 is 0.733. The fourth-order valence-corrected chi connectivity index (χ4v) is 0.890. The minimum absolute atomic E-state index is 0.190. The van der Waals surface area contributed by atoms with Crippen LogP contribution in [0.1, 0.15) is 11.4 Å². The molecule has 10 heavy (non-hydrogen) atoms. The number of halogens is 2. The Bertz CT molecular complexity index is 212. The minimum atomic E-state index is -2.57. The van der Waals surface area contributed by atoms with Crippen LogP contribution in [0.25, 0.3) is 0 Å². The van der Waals surface area contributed by atoms with Gasteiger partial charge in [-0.2, -0.15) is 0 Å². The standard InChI is InChI=1S/C3H4F2N4S/c4-1(5)2-8-9-3(7-6)10-2/h1H,6H2,(H,7,9). The number of hydrazine groups is 1. The predicted molar refractivity (Wildman–Crippen MR) is 32.7 cm³/mol. The van der Waals surface area contributed by atoms with Gasteiger partial charge in [-0.05, 0) is 0 Å². The molecule has 0 aliphatic carbocycles. The van der Waals surface area contributed by atoms with Crippen LogP contribution in [0.2, 0.25) is 0 Å². The Morgan fingerprint density at radius 2 is 2.20 bits per heavy atom. The molecular formula is C3H4F2N4S. The maximum Gasteiger partial charge on any atom is 0.291 e. The van der Waals surface area contributed by atoms with Crippen molar-refractivity contribution in [2.75, 3.05) is 5.43 Å². The van der Waals surface area contributed by atoms with Crippen molar-refractivity contribution in [2.24, 2.45) is 5.84 Å². The Kier molecular flexibility index (Phi) is 2.07. The number of nitrogens with zero attached hydrogens (tertiary/aromatic N) is 2. The molecule has 0 unspecified atom stereocenters. The van der Waals surface area contributed by atoms with Crippen LogP contribution in [0.15, 0.2) is 0 Å². The summed E-state index contributed by atoms with van der Waals surface area (Å²) in [5.74, 6) is 4.88. The first kappa shape index (κ1) is 7.29. The number of rotatable bonds is 2. The van der Waals surface area contributed by atoms with Gasteiger partial charge in [0.15, 0.2) is 5.01 Å². The van der Waals surface area contributed by atoms with Gasteiger partial charge in [-0.1, -0.05) is 11.3 Å². The zero-order valence-electron chi connectivity index (χ0n) is 4.71. The van der Waals surface area contributed by atoms with E-state index < -0.39 is 6.43 Å². The third-order valence-electron chi connectivity index (χ3n) is 0.751. The molecule has 0 aromatic carbocycles. The maximum absolute atomic E-state index is 11.8. The van der Waals surface area contributed by atoms with Gasteiger partial charge < -0.3 is 0 Å². The lowest BCUT2D eigenvalue weighted by Gasteiger charge is -1.86. The molecule has 1 aromatic rings. The SMILES string of the molecule is NNc1nnc(C(F)F)s1. The van der Waals surface area contributed by atoms with E-state index in [0.717, 1.165) is 11.3 Å². The van der Waals surface area contributed by atoms with Gasteiger partial charge in [0.1, 0.15) is 0 Å². The quantitative estimate of drug-likeness (QED) is 0.503. The normalized spacial score (nSPS) is 10.4. The van der Waals surface area contributed by atoms with Crippen LogP contribution >= 0.6 is 11.3 Å². The molecule has 7 heteroatoms. The van der Waals surface area contributed by atoms with Crippen LogP contribution in [-0.2, 0) is 0 Å². The Labute approximate surface area is 59.0 Å². The summed E-state index contributed by atoms with van der Waals surface area (Å²) in [5.41, 5.74) is 2.11. The van der Waals surface area contributed by atoms with Crippen LogP contribution in [0.3, 0.4) is 0 Å². The van der Waals surface area contributed by atoms with Gasteiger partial charge in [-0.25, -0.2) is 14.6 Å². The first-order valence-electron chi connectivity index (χ1n) is 2.32. The van der Waals surface area contributed by atoms with Gasteiger partial charge in [0.05, 0.1) is 0 Å². The molecular weight excluding hydrogens is 162 g/mol. The number of nitrogens with two attached hydrogens (primary N) is 1. The fourth-order valence-electron chi connectivity index (χ4n) is 0.381. The topological polar surface area (TPSA) is 63.8 Å². The molecule has 0 aliphatic heterocycles. The molecule has 4 nitrogen and oxygen atoms in total. The lowest BCUT2D eigenvalue weighted by atomic mass is 10.8. The highest BCUT2D eigenvalue weighted by atomic mass is 32.1. The highest BCUT2D eigenvalue weighted by molar-refractivity contribution is 7.15. The summed E-state index contributed by atoms with van der Waals surface area (Å²) < 4.78 is 23.5. The number of anilines is 1. The number of hydrogen-bond acceptors (Lipinski definition) is 5. The monoisotopic (exact) mass is 166 g/mol. The van der Waals surface area contributed by atoms with Crippen LogP contribution < -0.4 is 11.3 Å². The van der Waals surface area contributed by atoms with E-state index in [0.29, 0.717) is 0 Å². The molecule has 3 N–H and O–H groups in total. The smallest absolute Gasteiger partial charge is 0.291 e. The number of nitrogens with one attached hydrogen (secondary N) is 1. The van der Waals surface area contributed by atoms with Crippen molar-refractivity contribution < 1.29 is 8.78 Å². The molecule has 0 atom stereocenters. The third kappa shape index (κ3) is 1.36. The summed E-state index contributed by atoms with van der Waals surface area (Å²) in [6, 6.07) is 0. The van der Waals surface area contributed by atoms with Crippen molar-refractivity contribution in [3.05, 3.63) is 5.01 Å². The lowest BCUT2D eigenvalue weighted by Crippen LogP contribution is -2.05. The van der Waals surface area contributed by atoms with E-state index in [1.54, 1.807) is 0 Å². The molecule has 0 bridgehead atoms. The summed E-state index contributed by atoms with van der Waals surface area (Å²) in [5, 5.41) is 6.34. The highest BCUT2D eigenvalue weighted by Gasteiger charge is 2.12. The van der Waals surface area contributed by atoms with Crippen LogP contribution in [0, 0.1) is 0 Å². The average molecular weight is 166 g/mol. The van der Waals surface area contributed by atoms with E-state index in [9.17, 15) is 8.78 Å². The second-order valence-corrected chi connectivity index (χ2v) is 2.40. The molecule has 1 aromatic heterocycles. The molecule has 0 radical (unpaired) electrons. The van der Waals surface area contributed by atoms with Crippen molar-refractivity contribution >= 4 is 16.5 Å². The zero-order valence-corrected chi connectivity index (χ0v) is 5.53. The molecule has 0 fully saturated rings. The van der Waals surface area contributed by atoms with Gasteiger partial charge in [0, 0.05) is 0 Å². The van der Waals surface area contributed by atoms with Crippen LogP contribution in [0.5, 0.6) is 0 Å². The summed E-state index contributed by atoms with van der Waals surface area (Å²) in [6.45, 7) is 0. The van der Waals surface area contributed by atoms with Crippen LogP contribution in [0.4, 0.5) is 13.9 Å². The Hall–Kier alpha value is -0.820. The van der Waals surface area contributed by atoms with Crippen molar-refractivity contribution in [1.29, 1.82) is 0 Å². The van der Waals surface area contributed by atoms with E-state index in [1.807, 2.05) is 0 Å². The predicted octanol–water partition coefficient (Wildman–Crippen LogP) is 0.761. The van der Waals surface area contributed by atoms with Gasteiger partial charge in [-0.3, -0.25) is 5.43 Å². The van der Waals surface area contributed by atoms with E-state index in [-0.39, 0.29) is 10.1 Å².